The van der Waals surface area contributed by atoms with Crippen molar-refractivity contribution in [2.75, 3.05) is 38.0 Å². The van der Waals surface area contributed by atoms with Crippen molar-refractivity contribution < 1.29 is 40.8 Å². The molecule has 1 amide bonds. The summed E-state index contributed by atoms with van der Waals surface area (Å²) in [5.74, 6) is -3.30. The van der Waals surface area contributed by atoms with Gasteiger partial charge in [0.15, 0.2) is 0 Å². The number of para-hydroxylation sites is 1. The Morgan fingerprint density at radius 2 is 1.77 bits per heavy atom. The second-order valence-electron chi connectivity index (χ2n) is 9.44. The lowest BCUT2D eigenvalue weighted by Crippen LogP contribution is -2.46. The molecule has 1 unspecified atom stereocenters. The molecule has 2 aliphatic heterocycles. The van der Waals surface area contributed by atoms with Gasteiger partial charge in [-0.2, -0.15) is 13.2 Å². The van der Waals surface area contributed by atoms with E-state index in [9.17, 15) is 26.4 Å². The van der Waals surface area contributed by atoms with E-state index in [1.807, 2.05) is 30.1 Å². The largest absolute Gasteiger partial charge is 0.490 e. The van der Waals surface area contributed by atoms with E-state index in [1.54, 1.807) is 24.3 Å². The maximum Gasteiger partial charge on any atom is 0.490 e. The Labute approximate surface area is 232 Å². The second-order valence-corrected chi connectivity index (χ2v) is 12.6. The zero-order valence-electron chi connectivity index (χ0n) is 21.5. The highest BCUT2D eigenvalue weighted by molar-refractivity contribution is 7.94. The van der Waals surface area contributed by atoms with Gasteiger partial charge in [-0.3, -0.25) is 9.10 Å². The molecule has 0 aliphatic carbocycles. The average molecular weight is 601 g/mol. The molecule has 1 atom stereocenters. The number of carboxylic acids is 1. The number of aliphatic carboxylic acids is 1. The van der Waals surface area contributed by atoms with Crippen molar-refractivity contribution in [1.82, 2.24) is 15.0 Å². The summed E-state index contributed by atoms with van der Waals surface area (Å²) in [5.41, 5.74) is 1.93. The number of rotatable bonds is 5. The van der Waals surface area contributed by atoms with Crippen molar-refractivity contribution in [2.24, 2.45) is 0 Å². The van der Waals surface area contributed by atoms with E-state index >= 15 is 0 Å². The van der Waals surface area contributed by atoms with Crippen LogP contribution in [0, 0.1) is 0 Å². The van der Waals surface area contributed by atoms with Crippen molar-refractivity contribution in [3.05, 3.63) is 54.3 Å². The first-order valence-electron chi connectivity index (χ1n) is 12.2. The Morgan fingerprint density at radius 1 is 1.12 bits per heavy atom. The van der Waals surface area contributed by atoms with Crippen LogP contribution in [0.2, 0.25) is 0 Å². The van der Waals surface area contributed by atoms with Crippen molar-refractivity contribution in [3.63, 3.8) is 0 Å². The Balaban J connectivity index is 0.000000470. The lowest BCUT2D eigenvalue weighted by molar-refractivity contribution is -0.192. The van der Waals surface area contributed by atoms with Gasteiger partial charge in [0.2, 0.25) is 5.91 Å². The number of carbonyl (C=O) groups is 2. The number of likely N-dealkylation sites (tertiary alicyclic amines) is 1. The molecule has 4 heterocycles. The zero-order chi connectivity index (χ0) is 29.2. The summed E-state index contributed by atoms with van der Waals surface area (Å²) in [4.78, 5) is 27.2. The molecule has 1 fully saturated rings. The van der Waals surface area contributed by atoms with E-state index in [0.29, 0.717) is 16.3 Å². The third kappa shape index (κ3) is 6.15. The predicted molar refractivity (Wildman–Crippen MR) is 141 cm³/mol. The molecule has 3 aromatic rings. The lowest BCUT2D eigenvalue weighted by Gasteiger charge is -2.36. The van der Waals surface area contributed by atoms with Crippen molar-refractivity contribution in [2.45, 2.75) is 35.2 Å². The fourth-order valence-corrected chi connectivity index (χ4v) is 7.55. The van der Waals surface area contributed by atoms with Crippen LogP contribution in [0.25, 0.3) is 10.6 Å². The van der Waals surface area contributed by atoms with Gasteiger partial charge in [-0.1, -0.05) is 23.4 Å². The minimum atomic E-state index is -5.08. The Kier molecular flexibility index (Phi) is 8.56. The van der Waals surface area contributed by atoms with E-state index in [1.165, 1.54) is 10.6 Å². The van der Waals surface area contributed by atoms with Gasteiger partial charge in [-0.15, -0.1) is 11.3 Å². The third-order valence-corrected chi connectivity index (χ3v) is 10.2. The first-order chi connectivity index (χ1) is 18.8. The molecular weight excluding hydrogens is 573 g/mol. The molecule has 1 N–H and O–H groups in total. The van der Waals surface area contributed by atoms with E-state index < -0.39 is 28.1 Å². The molecule has 0 saturated carbocycles. The number of piperidine rings is 1. The molecule has 0 bridgehead atoms. The molecule has 0 radical (unpaired) electrons. The number of aromatic nitrogens is 1. The second kappa shape index (κ2) is 11.6. The minimum absolute atomic E-state index is 0.0239. The van der Waals surface area contributed by atoms with Gasteiger partial charge in [-0.25, -0.2) is 13.2 Å². The molecule has 5 rings (SSSR count). The fourth-order valence-electron chi connectivity index (χ4n) is 4.66. The Hall–Kier alpha value is -3.43. The summed E-state index contributed by atoms with van der Waals surface area (Å²) in [6.07, 6.45) is -1.78. The molecule has 2 aromatic heterocycles. The summed E-state index contributed by atoms with van der Waals surface area (Å²) in [6, 6.07) is 12.5. The summed E-state index contributed by atoms with van der Waals surface area (Å²) in [6.45, 7) is 2.02. The Bertz CT molecular complexity index is 1450. The van der Waals surface area contributed by atoms with Crippen LogP contribution in [0.5, 0.6) is 0 Å². The topological polar surface area (TPSA) is 124 Å². The van der Waals surface area contributed by atoms with Crippen LogP contribution in [0.3, 0.4) is 0 Å². The van der Waals surface area contributed by atoms with Gasteiger partial charge >= 0.3 is 12.1 Å². The van der Waals surface area contributed by atoms with Crippen LogP contribution in [0.4, 0.5) is 18.9 Å². The van der Waals surface area contributed by atoms with Crippen LogP contribution in [0.1, 0.15) is 24.3 Å². The quantitative estimate of drug-likeness (QED) is 0.468. The fraction of sp³-hybridized carbons (Fsp3) is 0.400. The molecular formula is C25H27F3N4O6S2. The van der Waals surface area contributed by atoms with Gasteiger partial charge in [0, 0.05) is 19.2 Å². The molecule has 40 heavy (non-hydrogen) atoms. The number of carbonyl (C=O) groups excluding carboxylic acids is 1. The Morgan fingerprint density at radius 3 is 2.38 bits per heavy atom. The zero-order valence-corrected chi connectivity index (χ0v) is 23.2. The number of alkyl halides is 3. The number of benzene rings is 1. The number of sulfonamides is 1. The third-order valence-electron chi connectivity index (χ3n) is 6.87. The highest BCUT2D eigenvalue weighted by Gasteiger charge is 2.42. The number of carboxylic acid groups (broad SMARTS) is 1. The average Bonchev–Trinajstić information content (AvgIpc) is 3.68. The molecule has 10 nitrogen and oxygen atoms in total. The molecule has 216 valence electrons. The summed E-state index contributed by atoms with van der Waals surface area (Å²) < 4.78 is 65.4. The van der Waals surface area contributed by atoms with Crippen LogP contribution in [-0.4, -0.2) is 86.3 Å². The minimum Gasteiger partial charge on any atom is -0.475 e. The van der Waals surface area contributed by atoms with Gasteiger partial charge in [0.25, 0.3) is 10.0 Å². The van der Waals surface area contributed by atoms with Crippen LogP contribution in [0.15, 0.2) is 57.5 Å². The van der Waals surface area contributed by atoms with Gasteiger partial charge in [0.05, 0.1) is 23.0 Å². The number of halogens is 3. The maximum atomic E-state index is 13.6. The van der Waals surface area contributed by atoms with E-state index in [2.05, 4.69) is 17.1 Å². The maximum absolute atomic E-state index is 13.6. The van der Waals surface area contributed by atoms with E-state index in [0.717, 1.165) is 42.8 Å². The number of fused-ring (bicyclic) bond motifs is 1. The summed E-state index contributed by atoms with van der Waals surface area (Å²) in [5, 5.41) is 11.0. The van der Waals surface area contributed by atoms with Crippen molar-refractivity contribution >= 4 is 38.9 Å². The van der Waals surface area contributed by atoms with E-state index in [-0.39, 0.29) is 22.7 Å². The van der Waals surface area contributed by atoms with E-state index in [4.69, 9.17) is 14.4 Å². The normalized spacial score (nSPS) is 18.1. The number of hydrogen-bond donors (Lipinski definition) is 1. The van der Waals surface area contributed by atoms with Crippen LogP contribution in [-0.2, 0) is 19.6 Å². The smallest absolute Gasteiger partial charge is 0.475 e. The number of thiophene rings is 1. The molecule has 15 heteroatoms. The van der Waals surface area contributed by atoms with Gasteiger partial charge < -0.3 is 19.4 Å². The molecule has 0 spiro atoms. The number of likely N-dealkylation sites (N-methyl/N-ethyl adjacent to an activating group) is 1. The number of amides is 1. The van der Waals surface area contributed by atoms with Crippen LogP contribution >= 0.6 is 11.3 Å². The SMILES string of the molecule is CN1CCC(N(C)C(=O)C2CN(S(=O)(=O)c3ccc(-c4ccon4)s3)c3ccccc32)CC1.O=C(O)C(F)(F)F. The first-order valence-corrected chi connectivity index (χ1v) is 14.4. The molecule has 2 aliphatic rings. The monoisotopic (exact) mass is 600 g/mol. The standard InChI is InChI=1S/C23H26N4O4S2.C2HF3O2/c1-25-12-9-16(10-13-25)26(2)23(28)18-15-27(20-6-4-3-5-17(18)20)33(29,30)22-8-7-21(32-22)19-11-14-31-24-19;3-2(4,5)1(6)7/h3-8,11,14,16,18H,9-10,12-13,15H2,1-2H3;(H,6,7). The summed E-state index contributed by atoms with van der Waals surface area (Å²) in [7, 11) is 0.108. The number of anilines is 1. The predicted octanol–water partition coefficient (Wildman–Crippen LogP) is 3.88. The van der Waals surface area contributed by atoms with Gasteiger partial charge in [-0.05, 0) is 56.7 Å². The highest BCUT2D eigenvalue weighted by Crippen LogP contribution is 2.42. The van der Waals surface area contributed by atoms with Gasteiger partial charge in [0.1, 0.15) is 16.2 Å². The highest BCUT2D eigenvalue weighted by atomic mass is 32.2. The number of nitrogens with zero attached hydrogens (tertiary/aromatic N) is 4. The lowest BCUT2D eigenvalue weighted by atomic mass is 9.97. The summed E-state index contributed by atoms with van der Waals surface area (Å²) >= 11 is 1.15. The number of hydrogen-bond acceptors (Lipinski definition) is 8. The van der Waals surface area contributed by atoms with Crippen molar-refractivity contribution in [1.29, 1.82) is 0 Å². The van der Waals surface area contributed by atoms with Crippen molar-refractivity contribution in [3.8, 4) is 10.6 Å². The molecule has 1 saturated heterocycles. The first kappa shape index (κ1) is 29.6. The molecule has 1 aromatic carbocycles. The van der Waals surface area contributed by atoms with Crippen LogP contribution < -0.4 is 4.31 Å².